The zero-order chi connectivity index (χ0) is 19.0. The number of hydrogen-bond acceptors (Lipinski definition) is 2. The number of hydrogen-bond donors (Lipinski definition) is 0. The first-order chi connectivity index (χ1) is 12.0. The number of rotatable bonds is 3. The molecule has 2 fully saturated rings. The maximum atomic E-state index is 13.5. The van der Waals surface area contributed by atoms with Gasteiger partial charge in [-0.1, -0.05) is 0 Å². The minimum absolute atomic E-state index is 0.00996. The van der Waals surface area contributed by atoms with E-state index in [-0.39, 0.29) is 43.3 Å². The smallest absolute Gasteiger partial charge is 0.332 e. The van der Waals surface area contributed by atoms with Crippen molar-refractivity contribution in [3.05, 3.63) is 34.4 Å². The largest absolute Gasteiger partial charge is 0.416 e. The first-order valence-corrected chi connectivity index (χ1v) is 8.64. The van der Waals surface area contributed by atoms with Gasteiger partial charge in [0.1, 0.15) is 0 Å². The molecule has 4 rings (SSSR count). The Bertz CT molecular complexity index is 760. The normalized spacial score (nSPS) is 27.2. The van der Waals surface area contributed by atoms with Gasteiger partial charge in [-0.3, -0.25) is 9.69 Å². The summed E-state index contributed by atoms with van der Waals surface area (Å²) < 4.78 is 67.2. The van der Waals surface area contributed by atoms with Crippen molar-refractivity contribution in [1.29, 1.82) is 0 Å². The molecule has 1 aromatic carbocycles. The van der Waals surface area contributed by atoms with Crippen molar-refractivity contribution >= 4 is 5.91 Å². The minimum atomic E-state index is -4.56. The molecule has 1 aromatic rings. The van der Waals surface area contributed by atoms with Gasteiger partial charge in [0.05, 0.1) is 5.56 Å². The molecule has 3 nitrogen and oxygen atoms in total. The molecule has 142 valence electrons. The van der Waals surface area contributed by atoms with Crippen LogP contribution >= 0.6 is 0 Å². The molecule has 0 spiro atoms. The lowest BCUT2D eigenvalue weighted by atomic mass is 9.98. The van der Waals surface area contributed by atoms with Gasteiger partial charge in [-0.15, -0.1) is 0 Å². The third-order valence-electron chi connectivity index (χ3n) is 5.74. The van der Waals surface area contributed by atoms with E-state index >= 15 is 0 Å². The van der Waals surface area contributed by atoms with Crippen molar-refractivity contribution in [2.45, 2.75) is 45.1 Å². The number of nitrogens with zero attached hydrogens (tertiary/aromatic N) is 2. The third kappa shape index (κ3) is 2.61. The van der Waals surface area contributed by atoms with E-state index in [0.29, 0.717) is 5.56 Å². The summed E-state index contributed by atoms with van der Waals surface area (Å²) >= 11 is 0. The molecule has 1 aliphatic carbocycles. The molecule has 8 heteroatoms. The summed E-state index contributed by atoms with van der Waals surface area (Å²) in [6, 6.07) is 2.36. The van der Waals surface area contributed by atoms with E-state index in [1.807, 2.05) is 0 Å². The molecular weight excluding hydrogens is 355 g/mol. The summed E-state index contributed by atoms with van der Waals surface area (Å²) in [5, 5.41) is 0. The van der Waals surface area contributed by atoms with Crippen molar-refractivity contribution in [3.8, 4) is 0 Å². The lowest BCUT2D eigenvalue weighted by Gasteiger charge is -2.21. The SMILES string of the molecule is CC(C)N1Cc2c(cc(CN3CC4C(C3)C4(F)F)cc2C(F)(F)F)C1=O. The van der Waals surface area contributed by atoms with E-state index in [0.717, 1.165) is 6.07 Å². The number of alkyl halides is 5. The fourth-order valence-corrected chi connectivity index (χ4v) is 4.23. The molecule has 0 N–H and O–H groups in total. The van der Waals surface area contributed by atoms with Gasteiger partial charge in [0.15, 0.2) is 0 Å². The minimum Gasteiger partial charge on any atom is -0.332 e. The summed E-state index contributed by atoms with van der Waals surface area (Å²) in [6.45, 7) is 3.98. The van der Waals surface area contributed by atoms with Gasteiger partial charge < -0.3 is 4.90 Å². The maximum absolute atomic E-state index is 13.5. The van der Waals surface area contributed by atoms with Gasteiger partial charge >= 0.3 is 6.18 Å². The predicted molar refractivity (Wildman–Crippen MR) is 83.7 cm³/mol. The third-order valence-corrected chi connectivity index (χ3v) is 5.74. The Labute approximate surface area is 147 Å². The molecule has 2 aliphatic heterocycles. The van der Waals surface area contributed by atoms with E-state index in [9.17, 15) is 26.7 Å². The van der Waals surface area contributed by atoms with Crippen LogP contribution in [-0.4, -0.2) is 40.8 Å². The first kappa shape index (κ1) is 17.7. The van der Waals surface area contributed by atoms with Crippen molar-refractivity contribution in [2.75, 3.05) is 13.1 Å². The van der Waals surface area contributed by atoms with Crippen LogP contribution in [0.3, 0.4) is 0 Å². The lowest BCUT2D eigenvalue weighted by molar-refractivity contribution is -0.138. The fourth-order valence-electron chi connectivity index (χ4n) is 4.23. The van der Waals surface area contributed by atoms with Crippen molar-refractivity contribution in [1.82, 2.24) is 9.80 Å². The Hall–Kier alpha value is -1.70. The second kappa shape index (κ2) is 5.41. The Morgan fingerprint density at radius 2 is 1.81 bits per heavy atom. The molecule has 1 saturated carbocycles. The van der Waals surface area contributed by atoms with Gasteiger partial charge in [0, 0.05) is 49.6 Å². The van der Waals surface area contributed by atoms with E-state index < -0.39 is 35.4 Å². The van der Waals surface area contributed by atoms with E-state index in [4.69, 9.17) is 0 Å². The number of piperidine rings is 1. The molecule has 2 atom stereocenters. The highest BCUT2D eigenvalue weighted by molar-refractivity contribution is 5.99. The van der Waals surface area contributed by atoms with Crippen LogP contribution in [0.25, 0.3) is 0 Å². The average molecular weight is 374 g/mol. The van der Waals surface area contributed by atoms with Crippen LogP contribution in [0.1, 0.15) is 40.9 Å². The zero-order valence-electron chi connectivity index (χ0n) is 14.4. The average Bonchev–Trinajstić information content (AvgIpc) is 2.89. The van der Waals surface area contributed by atoms with Crippen molar-refractivity contribution < 1.29 is 26.7 Å². The summed E-state index contributed by atoms with van der Waals surface area (Å²) in [6.07, 6.45) is -4.56. The van der Waals surface area contributed by atoms with Crippen molar-refractivity contribution in [3.63, 3.8) is 0 Å². The molecular formula is C18H19F5N2O. The summed E-state index contributed by atoms with van der Waals surface area (Å²) in [4.78, 5) is 15.7. The Morgan fingerprint density at radius 3 is 2.35 bits per heavy atom. The molecule has 26 heavy (non-hydrogen) atoms. The van der Waals surface area contributed by atoms with Gasteiger partial charge in [0.25, 0.3) is 11.8 Å². The summed E-state index contributed by atoms with van der Waals surface area (Å²) in [5.74, 6) is -4.40. The van der Waals surface area contributed by atoms with Crippen LogP contribution in [0.15, 0.2) is 12.1 Å². The van der Waals surface area contributed by atoms with Crippen LogP contribution in [0, 0.1) is 11.8 Å². The van der Waals surface area contributed by atoms with Gasteiger partial charge in [0.2, 0.25) is 0 Å². The molecule has 0 aromatic heterocycles. The number of fused-ring (bicyclic) bond motifs is 2. The quantitative estimate of drug-likeness (QED) is 0.752. The fraction of sp³-hybridized carbons (Fsp3) is 0.611. The number of likely N-dealkylation sites (tertiary alicyclic amines) is 1. The lowest BCUT2D eigenvalue weighted by Crippen LogP contribution is -2.30. The van der Waals surface area contributed by atoms with Gasteiger partial charge in [-0.25, -0.2) is 8.78 Å². The highest BCUT2D eigenvalue weighted by atomic mass is 19.4. The highest BCUT2D eigenvalue weighted by Gasteiger charge is 2.71. The first-order valence-electron chi connectivity index (χ1n) is 8.64. The Morgan fingerprint density at radius 1 is 1.19 bits per heavy atom. The predicted octanol–water partition coefficient (Wildman–Crippen LogP) is 3.77. The number of carbonyl (C=O) groups excluding carboxylic acids is 1. The van der Waals surface area contributed by atoms with Crippen LogP contribution in [-0.2, 0) is 19.3 Å². The molecule has 2 unspecified atom stereocenters. The molecule has 1 saturated heterocycles. The van der Waals surface area contributed by atoms with Crippen LogP contribution in [0.4, 0.5) is 22.0 Å². The van der Waals surface area contributed by atoms with Gasteiger partial charge in [-0.05, 0) is 37.1 Å². The van der Waals surface area contributed by atoms with Crippen molar-refractivity contribution in [2.24, 2.45) is 11.8 Å². The van der Waals surface area contributed by atoms with E-state index in [1.165, 1.54) is 11.0 Å². The summed E-state index contributed by atoms with van der Waals surface area (Å²) in [5.41, 5.74) is -0.357. The van der Waals surface area contributed by atoms with E-state index in [2.05, 4.69) is 0 Å². The maximum Gasteiger partial charge on any atom is 0.416 e. The Kier molecular flexibility index (Phi) is 3.68. The Balaban J connectivity index is 1.63. The molecule has 0 radical (unpaired) electrons. The molecule has 1 amide bonds. The second-order valence-corrected chi connectivity index (χ2v) is 7.78. The number of halogens is 5. The standard InChI is InChI=1S/C18H19F5N2O/c1-9(2)25-6-12-11(16(25)26)3-10(4-13(12)18(21,22)23)5-24-7-14-15(8-24)17(14,19)20/h3-4,9,14-15H,5-8H2,1-2H3. The number of carbonyl (C=O) groups is 1. The number of amides is 1. The zero-order valence-corrected chi connectivity index (χ0v) is 14.4. The highest BCUT2D eigenvalue weighted by Crippen LogP contribution is 2.59. The monoisotopic (exact) mass is 374 g/mol. The topological polar surface area (TPSA) is 23.6 Å². The van der Waals surface area contributed by atoms with Crippen LogP contribution in [0.5, 0.6) is 0 Å². The molecule has 3 aliphatic rings. The van der Waals surface area contributed by atoms with Crippen LogP contribution < -0.4 is 0 Å². The van der Waals surface area contributed by atoms with E-state index in [1.54, 1.807) is 18.7 Å². The molecule has 2 heterocycles. The molecule has 0 bridgehead atoms. The summed E-state index contributed by atoms with van der Waals surface area (Å²) in [7, 11) is 0. The van der Waals surface area contributed by atoms with Gasteiger partial charge in [-0.2, -0.15) is 13.2 Å². The second-order valence-electron chi connectivity index (χ2n) is 7.78. The van der Waals surface area contributed by atoms with Crippen LogP contribution in [0.2, 0.25) is 0 Å². The number of benzene rings is 1.